The Kier molecular flexibility index (Phi) is 7.83. The molecule has 2 aromatic rings. The first kappa shape index (κ1) is 19.7. The second-order valence-corrected chi connectivity index (χ2v) is 6.44. The molecule has 2 aromatic carbocycles. The Morgan fingerprint density at radius 2 is 1.62 bits per heavy atom. The summed E-state index contributed by atoms with van der Waals surface area (Å²) in [7, 11) is 2.09. The highest BCUT2D eigenvalue weighted by Crippen LogP contribution is 2.05. The molecule has 0 saturated heterocycles. The molecule has 0 radical (unpaired) electrons. The maximum atomic E-state index is 12.2. The van der Waals surface area contributed by atoms with E-state index in [9.17, 15) is 9.59 Å². The fourth-order valence-corrected chi connectivity index (χ4v) is 2.63. The number of nitrogens with zero attached hydrogens (tertiary/aromatic N) is 1. The van der Waals surface area contributed by atoms with Gasteiger partial charge in [-0.05, 0) is 43.3 Å². The smallest absolute Gasteiger partial charge is 0.251 e. The monoisotopic (exact) mass is 353 g/mol. The van der Waals surface area contributed by atoms with Crippen molar-refractivity contribution in [2.24, 2.45) is 0 Å². The van der Waals surface area contributed by atoms with Gasteiger partial charge in [-0.2, -0.15) is 0 Å². The molecule has 2 rings (SSSR count). The van der Waals surface area contributed by atoms with Crippen molar-refractivity contribution in [1.82, 2.24) is 15.5 Å². The van der Waals surface area contributed by atoms with Crippen LogP contribution in [0.2, 0.25) is 0 Å². The van der Waals surface area contributed by atoms with Crippen molar-refractivity contribution in [3.63, 3.8) is 0 Å². The SMILES string of the molecule is CC(=O)NCc1ccc(C(=O)NCCCN(C)Cc2ccccc2)cc1. The van der Waals surface area contributed by atoms with Crippen LogP contribution in [0, 0.1) is 0 Å². The second kappa shape index (κ2) is 10.4. The molecule has 26 heavy (non-hydrogen) atoms. The summed E-state index contributed by atoms with van der Waals surface area (Å²) >= 11 is 0. The van der Waals surface area contributed by atoms with Gasteiger partial charge in [-0.1, -0.05) is 42.5 Å². The van der Waals surface area contributed by atoms with Gasteiger partial charge >= 0.3 is 0 Å². The van der Waals surface area contributed by atoms with Crippen molar-refractivity contribution < 1.29 is 9.59 Å². The van der Waals surface area contributed by atoms with E-state index in [2.05, 4.69) is 34.7 Å². The third-order valence-corrected chi connectivity index (χ3v) is 4.06. The topological polar surface area (TPSA) is 61.4 Å². The van der Waals surface area contributed by atoms with Crippen molar-refractivity contribution in [2.45, 2.75) is 26.4 Å². The summed E-state index contributed by atoms with van der Waals surface area (Å²) in [6.07, 6.45) is 0.899. The molecule has 0 atom stereocenters. The van der Waals surface area contributed by atoms with E-state index in [1.54, 1.807) is 12.1 Å². The molecule has 2 amide bonds. The van der Waals surface area contributed by atoms with Crippen LogP contribution in [0.4, 0.5) is 0 Å². The number of benzene rings is 2. The van der Waals surface area contributed by atoms with Crippen LogP contribution in [0.1, 0.15) is 34.8 Å². The molecule has 0 aliphatic rings. The van der Waals surface area contributed by atoms with Gasteiger partial charge in [-0.3, -0.25) is 9.59 Å². The predicted octanol–water partition coefficient (Wildman–Crippen LogP) is 2.57. The van der Waals surface area contributed by atoms with Crippen molar-refractivity contribution >= 4 is 11.8 Å². The van der Waals surface area contributed by atoms with Gasteiger partial charge in [0.2, 0.25) is 5.91 Å². The van der Waals surface area contributed by atoms with E-state index in [-0.39, 0.29) is 11.8 Å². The first-order valence-corrected chi connectivity index (χ1v) is 8.88. The quantitative estimate of drug-likeness (QED) is 0.681. The summed E-state index contributed by atoms with van der Waals surface area (Å²) in [6.45, 7) is 4.44. The molecule has 0 heterocycles. The van der Waals surface area contributed by atoms with Crippen LogP contribution in [0.3, 0.4) is 0 Å². The summed E-state index contributed by atoms with van der Waals surface area (Å²) in [5.74, 6) is -0.133. The first-order valence-electron chi connectivity index (χ1n) is 8.88. The van der Waals surface area contributed by atoms with E-state index in [1.807, 2.05) is 30.3 Å². The van der Waals surface area contributed by atoms with E-state index in [0.717, 1.165) is 25.1 Å². The zero-order chi connectivity index (χ0) is 18.8. The van der Waals surface area contributed by atoms with Crippen LogP contribution in [0.5, 0.6) is 0 Å². The first-order chi connectivity index (χ1) is 12.5. The van der Waals surface area contributed by atoms with E-state index < -0.39 is 0 Å². The molecule has 0 fully saturated rings. The lowest BCUT2D eigenvalue weighted by Crippen LogP contribution is -2.28. The van der Waals surface area contributed by atoms with Crippen molar-refractivity contribution in [1.29, 1.82) is 0 Å². The zero-order valence-electron chi connectivity index (χ0n) is 15.5. The molecule has 5 heteroatoms. The molecule has 0 aliphatic heterocycles. The fraction of sp³-hybridized carbons (Fsp3) is 0.333. The van der Waals surface area contributed by atoms with Crippen LogP contribution >= 0.6 is 0 Å². The fourth-order valence-electron chi connectivity index (χ4n) is 2.63. The van der Waals surface area contributed by atoms with E-state index >= 15 is 0 Å². The number of nitrogens with one attached hydrogen (secondary N) is 2. The van der Waals surface area contributed by atoms with Crippen LogP contribution in [0.15, 0.2) is 54.6 Å². The lowest BCUT2D eigenvalue weighted by molar-refractivity contribution is -0.119. The molecule has 2 N–H and O–H groups in total. The highest BCUT2D eigenvalue weighted by atomic mass is 16.2. The highest BCUT2D eigenvalue weighted by molar-refractivity contribution is 5.94. The minimum atomic E-state index is -0.0678. The molecule has 0 unspecified atom stereocenters. The highest BCUT2D eigenvalue weighted by Gasteiger charge is 2.06. The van der Waals surface area contributed by atoms with Crippen molar-refractivity contribution in [3.8, 4) is 0 Å². The molecule has 0 aromatic heterocycles. The number of rotatable bonds is 9. The van der Waals surface area contributed by atoms with Gasteiger partial charge in [0.25, 0.3) is 5.91 Å². The minimum Gasteiger partial charge on any atom is -0.352 e. The summed E-state index contributed by atoms with van der Waals surface area (Å²) in [6, 6.07) is 17.6. The van der Waals surface area contributed by atoms with Crippen molar-refractivity contribution in [2.75, 3.05) is 20.1 Å². The van der Waals surface area contributed by atoms with Gasteiger partial charge in [0.15, 0.2) is 0 Å². The van der Waals surface area contributed by atoms with Gasteiger partial charge in [-0.25, -0.2) is 0 Å². The predicted molar refractivity (Wildman–Crippen MR) is 104 cm³/mol. The second-order valence-electron chi connectivity index (χ2n) is 6.44. The molecule has 0 saturated carbocycles. The van der Waals surface area contributed by atoms with Gasteiger partial charge in [0.1, 0.15) is 0 Å². The Morgan fingerprint density at radius 3 is 2.27 bits per heavy atom. The summed E-state index contributed by atoms with van der Waals surface area (Å²) in [5, 5.41) is 5.69. The van der Waals surface area contributed by atoms with Crippen LogP contribution in [-0.4, -0.2) is 36.9 Å². The zero-order valence-corrected chi connectivity index (χ0v) is 15.5. The Bertz CT molecular complexity index is 699. The summed E-state index contributed by atoms with van der Waals surface area (Å²) in [4.78, 5) is 25.3. The normalized spacial score (nSPS) is 10.6. The summed E-state index contributed by atoms with van der Waals surface area (Å²) in [5.41, 5.74) is 2.90. The summed E-state index contributed by atoms with van der Waals surface area (Å²) < 4.78 is 0. The maximum Gasteiger partial charge on any atom is 0.251 e. The number of hydrogen-bond donors (Lipinski definition) is 2. The number of hydrogen-bond acceptors (Lipinski definition) is 3. The lowest BCUT2D eigenvalue weighted by Gasteiger charge is -2.16. The lowest BCUT2D eigenvalue weighted by atomic mass is 10.1. The molecule has 5 nitrogen and oxygen atoms in total. The molecular weight excluding hydrogens is 326 g/mol. The Morgan fingerprint density at radius 1 is 0.923 bits per heavy atom. The Balaban J connectivity index is 1.67. The van der Waals surface area contributed by atoms with Gasteiger partial charge in [-0.15, -0.1) is 0 Å². The molecule has 0 bridgehead atoms. The van der Waals surface area contributed by atoms with Gasteiger partial charge in [0.05, 0.1) is 0 Å². The minimum absolute atomic E-state index is 0.0657. The average molecular weight is 353 g/mol. The molecule has 0 aliphatic carbocycles. The van der Waals surface area contributed by atoms with E-state index in [1.165, 1.54) is 12.5 Å². The third kappa shape index (κ3) is 7.07. The third-order valence-electron chi connectivity index (χ3n) is 4.06. The largest absolute Gasteiger partial charge is 0.352 e. The molecule has 0 spiro atoms. The number of carbonyl (C=O) groups excluding carboxylic acids is 2. The van der Waals surface area contributed by atoms with Crippen LogP contribution < -0.4 is 10.6 Å². The van der Waals surface area contributed by atoms with Crippen LogP contribution in [0.25, 0.3) is 0 Å². The van der Waals surface area contributed by atoms with Crippen LogP contribution in [-0.2, 0) is 17.9 Å². The maximum absolute atomic E-state index is 12.2. The average Bonchev–Trinajstić information content (AvgIpc) is 2.64. The van der Waals surface area contributed by atoms with Gasteiger partial charge < -0.3 is 15.5 Å². The van der Waals surface area contributed by atoms with E-state index in [4.69, 9.17) is 0 Å². The number of amides is 2. The Labute approximate surface area is 155 Å². The Hall–Kier alpha value is -2.66. The molecule has 138 valence electrons. The van der Waals surface area contributed by atoms with E-state index in [0.29, 0.717) is 18.7 Å². The molecular formula is C21H27N3O2. The number of carbonyl (C=O) groups is 2. The van der Waals surface area contributed by atoms with Gasteiger partial charge in [0, 0.05) is 32.1 Å². The van der Waals surface area contributed by atoms with Crippen molar-refractivity contribution in [3.05, 3.63) is 71.3 Å². The standard InChI is InChI=1S/C21H27N3O2/c1-17(25)23-15-18-9-11-20(12-10-18)21(26)22-13-6-14-24(2)16-19-7-4-3-5-8-19/h3-5,7-12H,6,13-16H2,1-2H3,(H,22,26)(H,23,25).